The van der Waals surface area contributed by atoms with Crippen LogP contribution in [-0.4, -0.2) is 21.7 Å². The third-order valence-electron chi connectivity index (χ3n) is 3.10. The summed E-state index contributed by atoms with van der Waals surface area (Å²) in [5.74, 6) is -0.439. The van der Waals surface area contributed by atoms with E-state index in [0.717, 1.165) is 11.4 Å². The fourth-order valence-corrected chi connectivity index (χ4v) is 2.21. The summed E-state index contributed by atoms with van der Waals surface area (Å²) in [5, 5.41) is 0. The van der Waals surface area contributed by atoms with Crippen LogP contribution >= 0.6 is 0 Å². The molecule has 1 aromatic carbocycles. The molecule has 2 aromatic rings. The fraction of sp³-hybridized carbons (Fsp3) is 0.143. The summed E-state index contributed by atoms with van der Waals surface area (Å²) in [5.41, 5.74) is 2.86. The van der Waals surface area contributed by atoms with Gasteiger partial charge in [-0.15, -0.1) is 0 Å². The number of nitrogens with one attached hydrogen (secondary N) is 1. The Balaban J connectivity index is 1.92. The lowest BCUT2D eigenvalue weighted by molar-refractivity contribution is 0.0640. The van der Waals surface area contributed by atoms with Crippen molar-refractivity contribution in [1.29, 1.82) is 0 Å². The van der Waals surface area contributed by atoms with Crippen LogP contribution in [-0.2, 0) is 6.54 Å². The van der Waals surface area contributed by atoms with E-state index in [0.29, 0.717) is 17.7 Å². The van der Waals surface area contributed by atoms with Crippen LogP contribution in [0.15, 0.2) is 36.4 Å². The van der Waals surface area contributed by atoms with Gasteiger partial charge < -0.3 is 4.98 Å². The zero-order valence-electron chi connectivity index (χ0n) is 9.93. The predicted octanol–water partition coefficient (Wildman–Crippen LogP) is 2.12. The molecule has 2 heterocycles. The van der Waals surface area contributed by atoms with E-state index in [4.69, 9.17) is 0 Å². The first kappa shape index (κ1) is 10.8. The van der Waals surface area contributed by atoms with E-state index >= 15 is 0 Å². The van der Waals surface area contributed by atoms with Crippen LogP contribution in [0.5, 0.6) is 0 Å². The van der Waals surface area contributed by atoms with E-state index in [1.165, 1.54) is 4.90 Å². The Bertz CT molecular complexity index is 608. The highest BCUT2D eigenvalue weighted by atomic mass is 16.2. The molecule has 1 aliphatic rings. The van der Waals surface area contributed by atoms with Gasteiger partial charge in [0, 0.05) is 11.4 Å². The molecule has 0 spiro atoms. The Hall–Kier alpha value is -2.36. The van der Waals surface area contributed by atoms with Gasteiger partial charge in [-0.05, 0) is 31.2 Å². The Labute approximate surface area is 104 Å². The van der Waals surface area contributed by atoms with Gasteiger partial charge in [0.25, 0.3) is 11.8 Å². The highest BCUT2D eigenvalue weighted by molar-refractivity contribution is 6.21. The fourth-order valence-electron chi connectivity index (χ4n) is 2.21. The third-order valence-corrected chi connectivity index (χ3v) is 3.10. The molecule has 18 heavy (non-hydrogen) atoms. The number of H-pyrrole nitrogens is 1. The topological polar surface area (TPSA) is 53.2 Å². The van der Waals surface area contributed by atoms with E-state index in [1.807, 2.05) is 19.1 Å². The summed E-state index contributed by atoms with van der Waals surface area (Å²) in [7, 11) is 0. The molecule has 0 aliphatic carbocycles. The number of nitrogens with zero attached hydrogens (tertiary/aromatic N) is 1. The number of hydrogen-bond acceptors (Lipinski definition) is 2. The van der Waals surface area contributed by atoms with Gasteiger partial charge in [-0.25, -0.2) is 0 Å². The number of rotatable bonds is 2. The standard InChI is InChI=1S/C14H12N2O2/c1-9-6-7-10(15-9)8-16-13(17)11-4-2-3-5-12(11)14(16)18/h2-7,15H,8H2,1H3. The number of amides is 2. The second-order valence-corrected chi connectivity index (χ2v) is 4.41. The largest absolute Gasteiger partial charge is 0.361 e. The quantitative estimate of drug-likeness (QED) is 0.817. The van der Waals surface area contributed by atoms with E-state index in [9.17, 15) is 9.59 Å². The first-order chi connectivity index (χ1) is 8.66. The average molecular weight is 240 g/mol. The molecule has 0 saturated heterocycles. The van der Waals surface area contributed by atoms with Gasteiger partial charge in [0.2, 0.25) is 0 Å². The molecule has 0 radical (unpaired) electrons. The maximum atomic E-state index is 12.1. The maximum Gasteiger partial charge on any atom is 0.261 e. The smallest absolute Gasteiger partial charge is 0.261 e. The van der Waals surface area contributed by atoms with Crippen LogP contribution in [0, 0.1) is 6.92 Å². The molecule has 2 amide bonds. The van der Waals surface area contributed by atoms with Crippen molar-refractivity contribution in [3.63, 3.8) is 0 Å². The molecular weight excluding hydrogens is 228 g/mol. The lowest BCUT2D eigenvalue weighted by Gasteiger charge is -2.12. The van der Waals surface area contributed by atoms with Crippen molar-refractivity contribution in [2.45, 2.75) is 13.5 Å². The molecule has 0 unspecified atom stereocenters. The third kappa shape index (κ3) is 1.54. The SMILES string of the molecule is Cc1ccc(CN2C(=O)c3ccccc3C2=O)[nH]1. The number of fused-ring (bicyclic) bond motifs is 1. The number of benzene rings is 1. The number of carbonyl (C=O) groups excluding carboxylic acids is 2. The molecule has 1 aliphatic heterocycles. The van der Waals surface area contributed by atoms with E-state index < -0.39 is 0 Å². The molecule has 0 bridgehead atoms. The highest BCUT2D eigenvalue weighted by Gasteiger charge is 2.35. The van der Waals surface area contributed by atoms with Gasteiger partial charge in [-0.1, -0.05) is 12.1 Å². The van der Waals surface area contributed by atoms with Crippen LogP contribution in [0.3, 0.4) is 0 Å². The molecule has 0 saturated carbocycles. The van der Waals surface area contributed by atoms with E-state index in [1.54, 1.807) is 24.3 Å². The molecule has 0 fully saturated rings. The van der Waals surface area contributed by atoms with Crippen molar-refractivity contribution < 1.29 is 9.59 Å². The minimum atomic E-state index is -0.220. The summed E-state index contributed by atoms with van der Waals surface area (Å²) >= 11 is 0. The van der Waals surface area contributed by atoms with Crippen molar-refractivity contribution in [3.05, 3.63) is 58.9 Å². The minimum absolute atomic E-state index is 0.220. The van der Waals surface area contributed by atoms with Gasteiger partial charge in [-0.3, -0.25) is 14.5 Å². The summed E-state index contributed by atoms with van der Waals surface area (Å²) < 4.78 is 0. The number of hydrogen-bond donors (Lipinski definition) is 1. The van der Waals surface area contributed by atoms with Crippen molar-refractivity contribution >= 4 is 11.8 Å². The molecule has 4 heteroatoms. The van der Waals surface area contributed by atoms with Crippen molar-refractivity contribution in [1.82, 2.24) is 9.88 Å². The molecule has 3 rings (SSSR count). The highest BCUT2D eigenvalue weighted by Crippen LogP contribution is 2.23. The number of imide groups is 1. The zero-order valence-corrected chi connectivity index (χ0v) is 9.93. The lowest BCUT2D eigenvalue weighted by atomic mass is 10.1. The maximum absolute atomic E-state index is 12.1. The molecular formula is C14H12N2O2. The average Bonchev–Trinajstić information content (AvgIpc) is 2.88. The Morgan fingerprint density at radius 1 is 1.00 bits per heavy atom. The van der Waals surface area contributed by atoms with Crippen LogP contribution in [0.25, 0.3) is 0 Å². The summed E-state index contributed by atoms with van der Waals surface area (Å²) in [6.45, 7) is 2.23. The Morgan fingerprint density at radius 3 is 2.11 bits per heavy atom. The number of aryl methyl sites for hydroxylation is 1. The summed E-state index contributed by atoms with van der Waals surface area (Å²) in [6.07, 6.45) is 0. The van der Waals surface area contributed by atoms with Crippen LogP contribution in [0.4, 0.5) is 0 Å². The van der Waals surface area contributed by atoms with Crippen molar-refractivity contribution in [3.8, 4) is 0 Å². The summed E-state index contributed by atoms with van der Waals surface area (Å²) in [4.78, 5) is 28.6. The van der Waals surface area contributed by atoms with Crippen molar-refractivity contribution in [2.24, 2.45) is 0 Å². The van der Waals surface area contributed by atoms with Crippen molar-refractivity contribution in [2.75, 3.05) is 0 Å². The molecule has 90 valence electrons. The Morgan fingerprint density at radius 2 is 1.61 bits per heavy atom. The van der Waals surface area contributed by atoms with Gasteiger partial charge in [0.15, 0.2) is 0 Å². The molecule has 0 atom stereocenters. The van der Waals surface area contributed by atoms with Gasteiger partial charge in [0.1, 0.15) is 0 Å². The summed E-state index contributed by atoms with van der Waals surface area (Å²) in [6, 6.07) is 10.7. The van der Waals surface area contributed by atoms with E-state index in [2.05, 4.69) is 4.98 Å². The van der Waals surface area contributed by atoms with Crippen LogP contribution in [0.2, 0.25) is 0 Å². The first-order valence-corrected chi connectivity index (χ1v) is 5.76. The van der Waals surface area contributed by atoms with Crippen LogP contribution in [0.1, 0.15) is 32.1 Å². The number of aromatic amines is 1. The van der Waals surface area contributed by atoms with Gasteiger partial charge in [0.05, 0.1) is 17.7 Å². The molecule has 1 aromatic heterocycles. The molecule has 1 N–H and O–H groups in total. The predicted molar refractivity (Wildman–Crippen MR) is 66.2 cm³/mol. The normalized spacial score (nSPS) is 14.2. The monoisotopic (exact) mass is 240 g/mol. The second-order valence-electron chi connectivity index (χ2n) is 4.41. The van der Waals surface area contributed by atoms with Gasteiger partial charge >= 0.3 is 0 Å². The minimum Gasteiger partial charge on any atom is -0.361 e. The van der Waals surface area contributed by atoms with E-state index in [-0.39, 0.29) is 11.8 Å². The second kappa shape index (κ2) is 3.84. The molecule has 4 nitrogen and oxygen atoms in total. The van der Waals surface area contributed by atoms with Crippen LogP contribution < -0.4 is 0 Å². The number of carbonyl (C=O) groups is 2. The zero-order chi connectivity index (χ0) is 12.7. The lowest BCUT2D eigenvalue weighted by Crippen LogP contribution is -2.29. The Kier molecular flexibility index (Phi) is 2.30. The van der Waals surface area contributed by atoms with Gasteiger partial charge in [-0.2, -0.15) is 0 Å². The number of aromatic nitrogens is 1. The first-order valence-electron chi connectivity index (χ1n) is 5.76.